The van der Waals surface area contributed by atoms with Crippen LogP contribution in [0.4, 0.5) is 0 Å². The van der Waals surface area contributed by atoms with Crippen LogP contribution in [-0.4, -0.2) is 14.5 Å². The Morgan fingerprint density at radius 1 is 1.29 bits per heavy atom. The number of pyridine rings is 1. The lowest BCUT2D eigenvalue weighted by molar-refractivity contribution is 0.232. The van der Waals surface area contributed by atoms with Crippen molar-refractivity contribution >= 4 is 22.8 Å². The molecule has 3 unspecified atom stereocenters. The van der Waals surface area contributed by atoms with E-state index in [1.54, 1.807) is 0 Å². The summed E-state index contributed by atoms with van der Waals surface area (Å²) < 4.78 is 2.35. The first-order valence-electron chi connectivity index (χ1n) is 8.11. The van der Waals surface area contributed by atoms with Gasteiger partial charge in [0.15, 0.2) is 5.65 Å². The fourth-order valence-electron chi connectivity index (χ4n) is 3.70. The van der Waals surface area contributed by atoms with Gasteiger partial charge in [-0.2, -0.15) is 0 Å². The zero-order chi connectivity index (χ0) is 15.0. The molecule has 0 bridgehead atoms. The molecule has 1 fully saturated rings. The number of nitrogens with zero attached hydrogens (tertiary/aromatic N) is 3. The minimum atomic E-state index is -0.0843. The molecule has 21 heavy (non-hydrogen) atoms. The highest BCUT2D eigenvalue weighted by Gasteiger charge is 2.30. The number of hydrogen-bond donors (Lipinski definition) is 0. The van der Waals surface area contributed by atoms with E-state index in [0.29, 0.717) is 12.0 Å². The van der Waals surface area contributed by atoms with Crippen molar-refractivity contribution in [3.8, 4) is 0 Å². The molecular weight excluding hydrogens is 282 g/mol. The highest BCUT2D eigenvalue weighted by Crippen LogP contribution is 2.39. The van der Waals surface area contributed by atoms with Gasteiger partial charge < -0.3 is 4.57 Å². The van der Waals surface area contributed by atoms with Gasteiger partial charge in [-0.3, -0.25) is 0 Å². The smallest absolute Gasteiger partial charge is 0.160 e. The molecule has 0 amide bonds. The maximum atomic E-state index is 6.42. The molecule has 0 N–H and O–H groups in total. The second-order valence-corrected chi connectivity index (χ2v) is 6.93. The maximum Gasteiger partial charge on any atom is 0.160 e. The number of aromatic nitrogens is 3. The van der Waals surface area contributed by atoms with E-state index < -0.39 is 0 Å². The second kappa shape index (κ2) is 5.96. The summed E-state index contributed by atoms with van der Waals surface area (Å²) in [5.41, 5.74) is 3.03. The molecule has 0 radical (unpaired) electrons. The Balaban J connectivity index is 2.18. The average Bonchev–Trinajstić information content (AvgIpc) is 2.85. The van der Waals surface area contributed by atoms with Gasteiger partial charge in [0, 0.05) is 11.7 Å². The zero-order valence-electron chi connectivity index (χ0n) is 13.1. The van der Waals surface area contributed by atoms with Gasteiger partial charge in [-0.15, -0.1) is 11.6 Å². The number of alkyl halides is 1. The third-order valence-corrected chi connectivity index (χ3v) is 4.98. The van der Waals surface area contributed by atoms with Crippen molar-refractivity contribution in [1.82, 2.24) is 14.5 Å². The van der Waals surface area contributed by atoms with Crippen molar-refractivity contribution in [2.45, 2.75) is 64.3 Å². The Bertz CT molecular complexity index is 632. The van der Waals surface area contributed by atoms with Crippen molar-refractivity contribution < 1.29 is 0 Å². The molecule has 4 heteroatoms. The fourth-order valence-corrected chi connectivity index (χ4v) is 3.85. The van der Waals surface area contributed by atoms with Gasteiger partial charge in [-0.25, -0.2) is 9.97 Å². The lowest BCUT2D eigenvalue weighted by Crippen LogP contribution is -2.24. The van der Waals surface area contributed by atoms with Crippen LogP contribution in [0, 0.1) is 12.8 Å². The molecule has 1 aliphatic rings. The summed E-state index contributed by atoms with van der Waals surface area (Å²) in [7, 11) is 0. The zero-order valence-corrected chi connectivity index (χ0v) is 13.9. The van der Waals surface area contributed by atoms with Crippen molar-refractivity contribution in [2.24, 2.45) is 5.92 Å². The number of rotatable bonds is 3. The topological polar surface area (TPSA) is 30.7 Å². The first-order chi connectivity index (χ1) is 10.1. The molecule has 1 aliphatic carbocycles. The molecule has 114 valence electrons. The van der Waals surface area contributed by atoms with Crippen molar-refractivity contribution in [2.75, 3.05) is 0 Å². The van der Waals surface area contributed by atoms with Gasteiger partial charge in [0.05, 0.1) is 5.38 Å². The van der Waals surface area contributed by atoms with E-state index in [4.69, 9.17) is 21.6 Å². The molecule has 3 atom stereocenters. The molecule has 3 rings (SSSR count). The van der Waals surface area contributed by atoms with Gasteiger partial charge in [0.1, 0.15) is 11.3 Å². The van der Waals surface area contributed by atoms with E-state index in [0.717, 1.165) is 22.7 Å². The molecule has 0 spiro atoms. The summed E-state index contributed by atoms with van der Waals surface area (Å²) in [5, 5.41) is -0.0843. The molecule has 1 saturated carbocycles. The van der Waals surface area contributed by atoms with Crippen LogP contribution in [0.2, 0.25) is 0 Å². The Kier molecular flexibility index (Phi) is 4.21. The largest absolute Gasteiger partial charge is 0.308 e. The Hall–Kier alpha value is -1.09. The summed E-state index contributed by atoms with van der Waals surface area (Å²) in [4.78, 5) is 9.53. The van der Waals surface area contributed by atoms with Crippen LogP contribution in [-0.2, 0) is 0 Å². The van der Waals surface area contributed by atoms with E-state index in [2.05, 4.69) is 17.6 Å². The van der Waals surface area contributed by atoms with Gasteiger partial charge in [0.2, 0.25) is 0 Å². The van der Waals surface area contributed by atoms with Gasteiger partial charge in [-0.1, -0.05) is 26.2 Å². The molecule has 2 aromatic rings. The van der Waals surface area contributed by atoms with E-state index in [9.17, 15) is 0 Å². The fraction of sp³-hybridized carbons (Fsp3) is 0.647. The predicted molar refractivity (Wildman–Crippen MR) is 87.8 cm³/mol. The number of halogens is 1. The van der Waals surface area contributed by atoms with Crippen LogP contribution in [0.5, 0.6) is 0 Å². The highest BCUT2D eigenvalue weighted by atomic mass is 35.5. The summed E-state index contributed by atoms with van der Waals surface area (Å²) >= 11 is 6.42. The van der Waals surface area contributed by atoms with Gasteiger partial charge in [-0.05, 0) is 44.7 Å². The van der Waals surface area contributed by atoms with Crippen LogP contribution in [0.3, 0.4) is 0 Å². The second-order valence-electron chi connectivity index (χ2n) is 6.27. The summed E-state index contributed by atoms with van der Waals surface area (Å²) in [6.07, 6.45) is 6.38. The highest BCUT2D eigenvalue weighted by molar-refractivity contribution is 6.20. The van der Waals surface area contributed by atoms with Crippen molar-refractivity contribution in [3.05, 3.63) is 23.7 Å². The molecule has 2 heterocycles. The SMILES string of the molecule is CCC1CCCCC1n1c(C(C)Cl)nc2ccc(C)nc21. The lowest BCUT2D eigenvalue weighted by atomic mass is 9.82. The van der Waals surface area contributed by atoms with Crippen LogP contribution in [0.15, 0.2) is 12.1 Å². The Labute approximate surface area is 131 Å². The van der Waals surface area contributed by atoms with E-state index in [-0.39, 0.29) is 5.38 Å². The third-order valence-electron chi connectivity index (χ3n) is 4.78. The number of imidazole rings is 1. The Morgan fingerprint density at radius 2 is 2.05 bits per heavy atom. The molecule has 3 nitrogen and oxygen atoms in total. The average molecular weight is 306 g/mol. The quantitative estimate of drug-likeness (QED) is 0.731. The lowest BCUT2D eigenvalue weighted by Gasteiger charge is -2.33. The number of aryl methyl sites for hydroxylation is 1. The number of fused-ring (bicyclic) bond motifs is 1. The normalized spacial score (nSPS) is 24.4. The maximum absolute atomic E-state index is 6.42. The molecule has 2 aromatic heterocycles. The predicted octanol–water partition coefficient (Wildman–Crippen LogP) is 5.18. The molecular formula is C17H24ClN3. The van der Waals surface area contributed by atoms with Gasteiger partial charge in [0.25, 0.3) is 0 Å². The first-order valence-corrected chi connectivity index (χ1v) is 8.55. The van der Waals surface area contributed by atoms with Crippen LogP contribution >= 0.6 is 11.6 Å². The third kappa shape index (κ3) is 2.68. The minimum absolute atomic E-state index is 0.0843. The minimum Gasteiger partial charge on any atom is -0.308 e. The first kappa shape index (κ1) is 14.8. The summed E-state index contributed by atoms with van der Waals surface area (Å²) in [6.45, 7) is 6.35. The molecule has 0 aliphatic heterocycles. The summed E-state index contributed by atoms with van der Waals surface area (Å²) in [5.74, 6) is 1.70. The van der Waals surface area contributed by atoms with Crippen LogP contribution < -0.4 is 0 Å². The van der Waals surface area contributed by atoms with E-state index >= 15 is 0 Å². The monoisotopic (exact) mass is 305 g/mol. The van der Waals surface area contributed by atoms with Crippen LogP contribution in [0.25, 0.3) is 11.2 Å². The van der Waals surface area contributed by atoms with Gasteiger partial charge >= 0.3 is 0 Å². The van der Waals surface area contributed by atoms with Crippen molar-refractivity contribution in [1.29, 1.82) is 0 Å². The van der Waals surface area contributed by atoms with E-state index in [1.165, 1.54) is 32.1 Å². The molecule has 0 saturated heterocycles. The van der Waals surface area contributed by atoms with E-state index in [1.807, 2.05) is 19.9 Å². The van der Waals surface area contributed by atoms with Crippen LogP contribution in [0.1, 0.15) is 68.9 Å². The standard InChI is InChI=1S/C17H24ClN3/c1-4-13-7-5-6-8-15(13)21-16(12(3)18)20-14-10-9-11(2)19-17(14)21/h9-10,12-13,15H,4-8H2,1-3H3. The number of hydrogen-bond acceptors (Lipinski definition) is 2. The Morgan fingerprint density at radius 3 is 2.76 bits per heavy atom. The molecule has 0 aromatic carbocycles. The summed E-state index contributed by atoms with van der Waals surface area (Å²) in [6, 6.07) is 4.60. The van der Waals surface area contributed by atoms with Crippen molar-refractivity contribution in [3.63, 3.8) is 0 Å².